The minimum atomic E-state index is -0.674. The number of nitrogens with one attached hydrogen (secondary N) is 1. The summed E-state index contributed by atoms with van der Waals surface area (Å²) >= 11 is 6.28. The first-order valence-electron chi connectivity index (χ1n) is 6.59. The van der Waals surface area contributed by atoms with Gasteiger partial charge in [0.25, 0.3) is 0 Å². The number of halogens is 1. The minimum Gasteiger partial charge on any atom is -0.394 e. The minimum absolute atomic E-state index is 0.208. The number of hydrogen-bond acceptors (Lipinski definition) is 5. The number of aliphatic hydroxyl groups excluding tert-OH is 2. The van der Waals surface area contributed by atoms with Gasteiger partial charge in [-0.2, -0.15) is 0 Å². The first-order chi connectivity index (χ1) is 9.20. The zero-order valence-electron chi connectivity index (χ0n) is 10.8. The second-order valence-corrected chi connectivity index (χ2v) is 5.17. The van der Waals surface area contributed by atoms with Gasteiger partial charge in [-0.1, -0.05) is 11.6 Å². The van der Waals surface area contributed by atoms with Gasteiger partial charge in [0.05, 0.1) is 17.7 Å². The number of rotatable bonds is 5. The lowest BCUT2D eigenvalue weighted by Crippen LogP contribution is -2.44. The van der Waals surface area contributed by atoms with Crippen molar-refractivity contribution in [3.63, 3.8) is 0 Å². The lowest BCUT2D eigenvalue weighted by atomic mass is 10.1. The second-order valence-electron chi connectivity index (χ2n) is 4.76. The summed E-state index contributed by atoms with van der Waals surface area (Å²) in [5, 5.41) is 22.0. The van der Waals surface area contributed by atoms with E-state index in [9.17, 15) is 5.11 Å². The summed E-state index contributed by atoms with van der Waals surface area (Å²) in [6.45, 7) is 3.51. The zero-order chi connectivity index (χ0) is 13.7. The van der Waals surface area contributed by atoms with Crippen molar-refractivity contribution in [1.82, 2.24) is 10.3 Å². The first kappa shape index (κ1) is 14.5. The molecule has 2 heterocycles. The molecule has 0 amide bonds. The van der Waals surface area contributed by atoms with Crippen LogP contribution in [0.2, 0.25) is 5.02 Å². The van der Waals surface area contributed by atoms with Crippen LogP contribution >= 0.6 is 11.6 Å². The molecule has 0 bridgehead atoms. The van der Waals surface area contributed by atoms with Crippen LogP contribution < -0.4 is 10.2 Å². The molecule has 1 aromatic rings. The van der Waals surface area contributed by atoms with E-state index in [2.05, 4.69) is 15.2 Å². The van der Waals surface area contributed by atoms with E-state index < -0.39 is 6.10 Å². The van der Waals surface area contributed by atoms with E-state index in [1.165, 1.54) is 0 Å². The van der Waals surface area contributed by atoms with Gasteiger partial charge in [0.2, 0.25) is 0 Å². The van der Waals surface area contributed by atoms with Gasteiger partial charge in [-0.25, -0.2) is 4.98 Å². The topological polar surface area (TPSA) is 68.6 Å². The summed E-state index contributed by atoms with van der Waals surface area (Å²) in [4.78, 5) is 6.60. The highest BCUT2D eigenvalue weighted by Gasteiger charge is 2.15. The lowest BCUT2D eigenvalue weighted by Gasteiger charge is -2.29. The molecule has 0 aromatic carbocycles. The van der Waals surface area contributed by atoms with Crippen LogP contribution in [0, 0.1) is 0 Å². The van der Waals surface area contributed by atoms with E-state index >= 15 is 0 Å². The highest BCUT2D eigenvalue weighted by atomic mass is 35.5. The number of hydrogen-bond donors (Lipinski definition) is 3. The third kappa shape index (κ3) is 4.04. The Kier molecular flexibility index (Phi) is 5.39. The molecular formula is C13H20ClN3O2. The molecule has 106 valence electrons. The number of pyridine rings is 1. The van der Waals surface area contributed by atoms with Gasteiger partial charge in [0.15, 0.2) is 0 Å². The van der Waals surface area contributed by atoms with Crippen LogP contribution in [0.25, 0.3) is 0 Å². The smallest absolute Gasteiger partial charge is 0.147 e. The number of nitrogens with zero attached hydrogens (tertiary/aromatic N) is 2. The number of anilines is 1. The zero-order valence-corrected chi connectivity index (χ0v) is 11.6. The van der Waals surface area contributed by atoms with Gasteiger partial charge in [-0.05, 0) is 24.5 Å². The summed E-state index contributed by atoms with van der Waals surface area (Å²) in [7, 11) is 0. The molecule has 1 saturated heterocycles. The summed E-state index contributed by atoms with van der Waals surface area (Å²) in [6, 6.07) is 1.90. The fourth-order valence-corrected chi connectivity index (χ4v) is 2.45. The summed E-state index contributed by atoms with van der Waals surface area (Å²) in [5.74, 6) is 0.828. The monoisotopic (exact) mass is 285 g/mol. The Balaban J connectivity index is 2.00. The number of aromatic nitrogens is 1. The van der Waals surface area contributed by atoms with Crippen LogP contribution in [0.1, 0.15) is 12.0 Å². The molecule has 0 aliphatic carbocycles. The van der Waals surface area contributed by atoms with Crippen molar-refractivity contribution < 1.29 is 10.2 Å². The van der Waals surface area contributed by atoms with Crippen LogP contribution in [0.5, 0.6) is 0 Å². The van der Waals surface area contributed by atoms with Crippen molar-refractivity contribution in [1.29, 1.82) is 0 Å². The number of piperazine rings is 1. The average molecular weight is 286 g/mol. The summed E-state index contributed by atoms with van der Waals surface area (Å²) < 4.78 is 0. The number of aryl methyl sites for hydroxylation is 1. The fraction of sp³-hybridized carbons (Fsp3) is 0.615. The van der Waals surface area contributed by atoms with Crippen LogP contribution in [0.3, 0.4) is 0 Å². The van der Waals surface area contributed by atoms with Crippen molar-refractivity contribution in [3.8, 4) is 0 Å². The predicted molar refractivity (Wildman–Crippen MR) is 75.7 cm³/mol. The summed E-state index contributed by atoms with van der Waals surface area (Å²) in [6.07, 6.45) is 2.30. The number of aliphatic hydroxyl groups is 2. The third-order valence-corrected chi connectivity index (χ3v) is 3.55. The molecular weight excluding hydrogens is 266 g/mol. The van der Waals surface area contributed by atoms with E-state index in [1.807, 2.05) is 6.07 Å². The lowest BCUT2D eigenvalue weighted by molar-refractivity contribution is 0.0885. The highest BCUT2D eigenvalue weighted by molar-refractivity contribution is 6.33. The van der Waals surface area contributed by atoms with E-state index in [0.29, 0.717) is 17.9 Å². The maximum Gasteiger partial charge on any atom is 0.147 e. The molecule has 2 rings (SSSR count). The fourth-order valence-electron chi connectivity index (χ4n) is 2.14. The Morgan fingerprint density at radius 3 is 2.79 bits per heavy atom. The Bertz CT molecular complexity index is 411. The van der Waals surface area contributed by atoms with Crippen LogP contribution in [0.15, 0.2) is 12.3 Å². The molecule has 3 N–H and O–H groups in total. The molecule has 19 heavy (non-hydrogen) atoms. The molecule has 6 heteroatoms. The van der Waals surface area contributed by atoms with Crippen LogP contribution in [0.4, 0.5) is 5.82 Å². The largest absolute Gasteiger partial charge is 0.394 e. The molecule has 0 radical (unpaired) electrons. The third-order valence-electron chi connectivity index (χ3n) is 3.27. The maximum absolute atomic E-state index is 9.33. The predicted octanol–water partition coefficient (Wildman–Crippen LogP) is 0.430. The molecule has 1 atom stereocenters. The van der Waals surface area contributed by atoms with E-state index in [1.54, 1.807) is 6.20 Å². The molecule has 0 saturated carbocycles. The molecule has 1 aliphatic rings. The Morgan fingerprint density at radius 2 is 2.16 bits per heavy atom. The normalized spacial score (nSPS) is 17.5. The molecule has 5 nitrogen and oxygen atoms in total. The standard InChI is InChI=1S/C13H20ClN3O2/c14-12-7-10(1-2-11(19)9-18)8-16-13(12)17-5-3-15-4-6-17/h7-8,11,15,18-19H,1-6,9H2/t11-/m0/s1. The Morgan fingerprint density at radius 1 is 1.42 bits per heavy atom. The van der Waals surface area contributed by atoms with E-state index in [4.69, 9.17) is 16.7 Å². The van der Waals surface area contributed by atoms with Gasteiger partial charge in [-0.15, -0.1) is 0 Å². The van der Waals surface area contributed by atoms with Crippen molar-refractivity contribution >= 4 is 17.4 Å². The molecule has 0 spiro atoms. The van der Waals surface area contributed by atoms with Crippen LogP contribution in [-0.4, -0.2) is 54.1 Å². The summed E-state index contributed by atoms with van der Waals surface area (Å²) in [5.41, 5.74) is 0.983. The van der Waals surface area contributed by atoms with Gasteiger partial charge in [0, 0.05) is 32.4 Å². The quantitative estimate of drug-likeness (QED) is 0.732. The molecule has 1 fully saturated rings. The van der Waals surface area contributed by atoms with Gasteiger partial charge in [-0.3, -0.25) is 0 Å². The molecule has 0 unspecified atom stereocenters. The first-order valence-corrected chi connectivity index (χ1v) is 6.97. The molecule has 1 aromatic heterocycles. The van der Waals surface area contributed by atoms with Gasteiger partial charge in [0.1, 0.15) is 5.82 Å². The average Bonchev–Trinajstić information content (AvgIpc) is 2.45. The van der Waals surface area contributed by atoms with Crippen molar-refractivity contribution in [2.75, 3.05) is 37.7 Å². The van der Waals surface area contributed by atoms with Gasteiger partial charge >= 0.3 is 0 Å². The Hall–Kier alpha value is -0.880. The van der Waals surface area contributed by atoms with Crippen molar-refractivity contribution in [3.05, 3.63) is 22.8 Å². The van der Waals surface area contributed by atoms with Crippen molar-refractivity contribution in [2.24, 2.45) is 0 Å². The molecule has 1 aliphatic heterocycles. The van der Waals surface area contributed by atoms with Crippen molar-refractivity contribution in [2.45, 2.75) is 18.9 Å². The Labute approximate surface area is 118 Å². The van der Waals surface area contributed by atoms with Crippen LogP contribution in [-0.2, 0) is 6.42 Å². The maximum atomic E-state index is 9.33. The SMILES string of the molecule is OC[C@@H](O)CCc1cnc(N2CCNCC2)c(Cl)c1. The second kappa shape index (κ2) is 7.05. The highest BCUT2D eigenvalue weighted by Crippen LogP contribution is 2.24. The van der Waals surface area contributed by atoms with E-state index in [0.717, 1.165) is 37.6 Å². The van der Waals surface area contributed by atoms with Gasteiger partial charge < -0.3 is 20.4 Å². The van der Waals surface area contributed by atoms with E-state index in [-0.39, 0.29) is 6.61 Å².